The van der Waals surface area contributed by atoms with Crippen LogP contribution in [0.1, 0.15) is 21.5 Å². The van der Waals surface area contributed by atoms with Crippen molar-refractivity contribution in [2.24, 2.45) is 0 Å². The number of rotatable bonds is 4. The lowest BCUT2D eigenvalue weighted by molar-refractivity contribution is 0.101. The molecule has 2 aromatic carbocycles. The van der Waals surface area contributed by atoms with Crippen LogP contribution in [0.3, 0.4) is 0 Å². The third-order valence-corrected chi connectivity index (χ3v) is 3.96. The van der Waals surface area contributed by atoms with Crippen molar-refractivity contribution in [3.63, 3.8) is 0 Å². The minimum Gasteiger partial charge on any atom is -0.496 e. The second-order valence-electron chi connectivity index (χ2n) is 5.32. The van der Waals surface area contributed by atoms with Crippen LogP contribution in [0.15, 0.2) is 36.1 Å². The van der Waals surface area contributed by atoms with Gasteiger partial charge in [-0.25, -0.2) is 0 Å². The van der Waals surface area contributed by atoms with E-state index in [9.17, 15) is 4.79 Å². The first-order chi connectivity index (χ1) is 11.6. The molecule has 0 bridgehead atoms. The average molecular weight is 326 g/mol. The number of hydrogen-bond donors (Lipinski definition) is 0. The van der Waals surface area contributed by atoms with Gasteiger partial charge in [-0.3, -0.25) is 4.79 Å². The number of Topliss-reactive ketones (excluding diaryl/α,β-unsaturated/α-hetero) is 1. The Morgan fingerprint density at radius 2 is 1.58 bits per heavy atom. The molecule has 0 N–H and O–H groups in total. The molecule has 0 spiro atoms. The number of carbonyl (C=O) groups excluding carboxylic acids is 1. The number of carbonyl (C=O) groups is 1. The van der Waals surface area contributed by atoms with Gasteiger partial charge < -0.3 is 18.9 Å². The van der Waals surface area contributed by atoms with Gasteiger partial charge in [-0.05, 0) is 42.8 Å². The zero-order valence-corrected chi connectivity index (χ0v) is 14.0. The predicted octanol–water partition coefficient (Wildman–Crippen LogP) is 3.64. The summed E-state index contributed by atoms with van der Waals surface area (Å²) in [5.41, 5.74) is 2.13. The van der Waals surface area contributed by atoms with E-state index in [0.29, 0.717) is 28.6 Å². The normalized spacial score (nSPS) is 14.3. The second-order valence-corrected chi connectivity index (χ2v) is 5.32. The zero-order chi connectivity index (χ0) is 17.3. The second kappa shape index (κ2) is 6.28. The fraction of sp³-hybridized carbons (Fsp3) is 0.211. The summed E-state index contributed by atoms with van der Waals surface area (Å²) >= 11 is 0. The summed E-state index contributed by atoms with van der Waals surface area (Å²) in [7, 11) is 4.73. The monoisotopic (exact) mass is 326 g/mol. The maximum absolute atomic E-state index is 12.5. The molecular formula is C19H18O5. The molecule has 1 aliphatic heterocycles. The Hall–Kier alpha value is -2.95. The van der Waals surface area contributed by atoms with E-state index < -0.39 is 0 Å². The summed E-state index contributed by atoms with van der Waals surface area (Å²) in [6.07, 6.45) is 1.69. The van der Waals surface area contributed by atoms with Crippen molar-refractivity contribution in [3.05, 3.63) is 52.8 Å². The van der Waals surface area contributed by atoms with Gasteiger partial charge in [-0.15, -0.1) is 0 Å². The molecule has 3 rings (SSSR count). The van der Waals surface area contributed by atoms with Gasteiger partial charge in [-0.2, -0.15) is 0 Å². The van der Waals surface area contributed by atoms with E-state index in [2.05, 4.69) is 0 Å². The first kappa shape index (κ1) is 15.9. The number of methoxy groups -OCH3 is 3. The lowest BCUT2D eigenvalue weighted by Gasteiger charge is -2.08. The van der Waals surface area contributed by atoms with Gasteiger partial charge in [-0.1, -0.05) is 6.07 Å². The Balaban J connectivity index is 1.98. The van der Waals surface area contributed by atoms with Gasteiger partial charge in [0.15, 0.2) is 17.3 Å². The Morgan fingerprint density at radius 1 is 0.917 bits per heavy atom. The topological polar surface area (TPSA) is 54.0 Å². The quantitative estimate of drug-likeness (QED) is 0.803. The molecule has 0 fully saturated rings. The van der Waals surface area contributed by atoms with Crippen LogP contribution in [-0.2, 0) is 0 Å². The van der Waals surface area contributed by atoms with Crippen molar-refractivity contribution < 1.29 is 23.7 Å². The van der Waals surface area contributed by atoms with E-state index in [-0.39, 0.29) is 11.5 Å². The van der Waals surface area contributed by atoms with Gasteiger partial charge in [0.25, 0.3) is 0 Å². The van der Waals surface area contributed by atoms with Crippen LogP contribution in [-0.4, -0.2) is 27.1 Å². The Kier molecular flexibility index (Phi) is 4.16. The van der Waals surface area contributed by atoms with Crippen LogP contribution in [0.25, 0.3) is 6.08 Å². The fourth-order valence-corrected chi connectivity index (χ4v) is 2.68. The average Bonchev–Trinajstić information content (AvgIpc) is 2.92. The lowest BCUT2D eigenvalue weighted by Crippen LogP contribution is -1.98. The van der Waals surface area contributed by atoms with Crippen molar-refractivity contribution in [2.45, 2.75) is 6.92 Å². The van der Waals surface area contributed by atoms with Crippen molar-refractivity contribution in [1.29, 1.82) is 0 Å². The van der Waals surface area contributed by atoms with Gasteiger partial charge in [0, 0.05) is 5.56 Å². The number of fused-ring (bicyclic) bond motifs is 1. The number of hydrogen-bond acceptors (Lipinski definition) is 5. The van der Waals surface area contributed by atoms with E-state index in [4.69, 9.17) is 18.9 Å². The summed E-state index contributed by atoms with van der Waals surface area (Å²) in [6, 6.07) is 8.90. The molecule has 0 amide bonds. The Labute approximate surface area is 140 Å². The van der Waals surface area contributed by atoms with Crippen molar-refractivity contribution in [1.82, 2.24) is 0 Å². The summed E-state index contributed by atoms with van der Waals surface area (Å²) in [4.78, 5) is 12.5. The van der Waals surface area contributed by atoms with Gasteiger partial charge >= 0.3 is 0 Å². The molecular weight excluding hydrogens is 308 g/mol. The van der Waals surface area contributed by atoms with E-state index >= 15 is 0 Å². The third-order valence-electron chi connectivity index (χ3n) is 3.96. The fourth-order valence-electron chi connectivity index (χ4n) is 2.68. The SMILES string of the molecule is COc1ccc(C=C2Oc3c(ccc(OC)c3C)C2=O)cc1OC. The lowest BCUT2D eigenvalue weighted by atomic mass is 10.1. The highest BCUT2D eigenvalue weighted by Gasteiger charge is 2.30. The minimum absolute atomic E-state index is 0.148. The summed E-state index contributed by atoms with van der Waals surface area (Å²) in [5.74, 6) is 2.58. The van der Waals surface area contributed by atoms with E-state index in [1.54, 1.807) is 51.7 Å². The van der Waals surface area contributed by atoms with Crippen molar-refractivity contribution in [3.8, 4) is 23.0 Å². The minimum atomic E-state index is -0.148. The predicted molar refractivity (Wildman–Crippen MR) is 90.2 cm³/mol. The number of ether oxygens (including phenoxy) is 4. The van der Waals surface area contributed by atoms with Crippen LogP contribution in [0, 0.1) is 6.92 Å². The van der Waals surface area contributed by atoms with E-state index in [0.717, 1.165) is 11.1 Å². The molecule has 0 saturated carbocycles. The standard InChI is InChI=1S/C19H18O5/c1-11-14(21-2)8-6-13-18(20)17(24-19(11)13)10-12-5-7-15(22-3)16(9-12)23-4/h5-10H,1-4H3. The van der Waals surface area contributed by atoms with Crippen molar-refractivity contribution >= 4 is 11.9 Å². The maximum atomic E-state index is 12.5. The van der Waals surface area contributed by atoms with Crippen LogP contribution in [0.4, 0.5) is 0 Å². The van der Waals surface area contributed by atoms with Crippen LogP contribution >= 0.6 is 0 Å². The summed E-state index contributed by atoms with van der Waals surface area (Å²) in [6.45, 7) is 1.87. The molecule has 0 aliphatic carbocycles. The number of allylic oxidation sites excluding steroid dienone is 1. The Morgan fingerprint density at radius 3 is 2.25 bits per heavy atom. The molecule has 24 heavy (non-hydrogen) atoms. The van der Waals surface area contributed by atoms with Crippen LogP contribution < -0.4 is 18.9 Å². The molecule has 0 saturated heterocycles. The molecule has 5 heteroatoms. The molecule has 5 nitrogen and oxygen atoms in total. The largest absolute Gasteiger partial charge is 0.496 e. The summed E-state index contributed by atoms with van der Waals surface area (Å²) in [5, 5.41) is 0. The third kappa shape index (κ3) is 2.58. The molecule has 2 aromatic rings. The highest BCUT2D eigenvalue weighted by molar-refractivity contribution is 6.15. The summed E-state index contributed by atoms with van der Waals surface area (Å²) < 4.78 is 21.6. The molecule has 0 aromatic heterocycles. The number of benzene rings is 2. The number of ketones is 1. The first-order valence-corrected chi connectivity index (χ1v) is 7.43. The first-order valence-electron chi connectivity index (χ1n) is 7.43. The molecule has 124 valence electrons. The highest BCUT2D eigenvalue weighted by Crippen LogP contribution is 2.39. The molecule has 1 aliphatic rings. The maximum Gasteiger partial charge on any atom is 0.231 e. The van der Waals surface area contributed by atoms with E-state index in [1.165, 1.54) is 0 Å². The Bertz CT molecular complexity index is 836. The van der Waals surface area contributed by atoms with E-state index in [1.807, 2.05) is 13.0 Å². The highest BCUT2D eigenvalue weighted by atomic mass is 16.5. The zero-order valence-electron chi connectivity index (χ0n) is 14.0. The van der Waals surface area contributed by atoms with Crippen LogP contribution in [0.5, 0.6) is 23.0 Å². The van der Waals surface area contributed by atoms with Gasteiger partial charge in [0.1, 0.15) is 11.5 Å². The molecule has 0 atom stereocenters. The van der Waals surface area contributed by atoms with Gasteiger partial charge in [0.2, 0.25) is 5.78 Å². The molecule has 1 heterocycles. The van der Waals surface area contributed by atoms with Crippen molar-refractivity contribution in [2.75, 3.05) is 21.3 Å². The molecule has 0 unspecified atom stereocenters. The van der Waals surface area contributed by atoms with Crippen LogP contribution in [0.2, 0.25) is 0 Å². The van der Waals surface area contributed by atoms with Gasteiger partial charge in [0.05, 0.1) is 26.9 Å². The smallest absolute Gasteiger partial charge is 0.231 e. The molecule has 0 radical (unpaired) electrons.